The number of alkyl halides is 1. The van der Waals surface area contributed by atoms with Gasteiger partial charge in [-0.05, 0) is 24.1 Å². The van der Waals surface area contributed by atoms with Gasteiger partial charge in [-0.25, -0.2) is 0 Å². The predicted molar refractivity (Wildman–Crippen MR) is 63.7 cm³/mol. The molecule has 0 N–H and O–H groups in total. The van der Waals surface area contributed by atoms with E-state index in [1.807, 2.05) is 12.1 Å². The van der Waals surface area contributed by atoms with Gasteiger partial charge in [-0.15, -0.1) is 11.6 Å². The van der Waals surface area contributed by atoms with Crippen molar-refractivity contribution in [2.24, 2.45) is 0 Å². The van der Waals surface area contributed by atoms with Crippen LogP contribution in [0.3, 0.4) is 0 Å². The predicted octanol–water partition coefficient (Wildman–Crippen LogP) is 3.52. The van der Waals surface area contributed by atoms with Crippen LogP contribution in [0, 0.1) is 0 Å². The van der Waals surface area contributed by atoms with Crippen LogP contribution in [-0.2, 0) is 6.42 Å². The quantitative estimate of drug-likeness (QED) is 0.553. The molecule has 0 radical (unpaired) electrons. The Morgan fingerprint density at radius 2 is 1.77 bits per heavy atom. The SMILES string of the molecule is C[SiH](C)C(Cl)Cc1ccc(Cl)cc1. The molecule has 0 nitrogen and oxygen atoms in total. The van der Waals surface area contributed by atoms with Gasteiger partial charge >= 0.3 is 0 Å². The summed E-state index contributed by atoms with van der Waals surface area (Å²) in [5.74, 6) is 0. The lowest BCUT2D eigenvalue weighted by molar-refractivity contribution is 1.06. The third kappa shape index (κ3) is 3.71. The highest BCUT2D eigenvalue weighted by atomic mass is 35.5. The van der Waals surface area contributed by atoms with E-state index >= 15 is 0 Å². The fourth-order valence-electron chi connectivity index (χ4n) is 1.08. The molecular weight excluding hydrogens is 219 g/mol. The Bertz CT molecular complexity index is 256. The van der Waals surface area contributed by atoms with Crippen LogP contribution in [0.25, 0.3) is 0 Å². The molecule has 0 heterocycles. The molecule has 0 aliphatic carbocycles. The third-order valence-corrected chi connectivity index (χ3v) is 5.67. The van der Waals surface area contributed by atoms with Crippen molar-refractivity contribution < 1.29 is 0 Å². The molecule has 0 aliphatic rings. The average Bonchev–Trinajstić information content (AvgIpc) is 2.08. The molecular formula is C10H14Cl2Si. The minimum absolute atomic E-state index is 0.348. The second-order valence-electron chi connectivity index (χ2n) is 3.59. The van der Waals surface area contributed by atoms with E-state index in [-0.39, 0.29) is 0 Å². The summed E-state index contributed by atoms with van der Waals surface area (Å²) >= 11 is 12.0. The average molecular weight is 233 g/mol. The molecule has 3 heteroatoms. The summed E-state index contributed by atoms with van der Waals surface area (Å²) in [6.45, 7) is 4.54. The molecule has 1 aromatic rings. The normalized spacial score (nSPS) is 13.3. The fraction of sp³-hybridized carbons (Fsp3) is 0.400. The molecule has 1 rings (SSSR count). The number of rotatable bonds is 3. The van der Waals surface area contributed by atoms with Gasteiger partial charge in [0.05, 0.1) is 8.80 Å². The minimum Gasteiger partial charge on any atom is -0.127 e. The second-order valence-corrected chi connectivity index (χ2v) is 8.30. The van der Waals surface area contributed by atoms with Crippen molar-refractivity contribution in [2.75, 3.05) is 0 Å². The minimum atomic E-state index is -0.714. The Kier molecular flexibility index (Phi) is 4.30. The number of benzene rings is 1. The topological polar surface area (TPSA) is 0 Å². The van der Waals surface area contributed by atoms with Gasteiger partial charge < -0.3 is 0 Å². The maximum atomic E-state index is 6.22. The Morgan fingerprint density at radius 3 is 2.23 bits per heavy atom. The highest BCUT2D eigenvalue weighted by Gasteiger charge is 2.10. The van der Waals surface area contributed by atoms with E-state index in [9.17, 15) is 0 Å². The van der Waals surface area contributed by atoms with Crippen molar-refractivity contribution in [2.45, 2.75) is 24.5 Å². The molecule has 0 aliphatic heterocycles. The summed E-state index contributed by atoms with van der Waals surface area (Å²) < 4.78 is 0. The maximum Gasteiger partial charge on any atom is 0.0523 e. The first-order valence-corrected chi connectivity index (χ1v) is 8.27. The molecule has 72 valence electrons. The van der Waals surface area contributed by atoms with Crippen LogP contribution in [0.2, 0.25) is 18.1 Å². The molecule has 13 heavy (non-hydrogen) atoms. The van der Waals surface area contributed by atoms with E-state index in [2.05, 4.69) is 25.2 Å². The summed E-state index contributed by atoms with van der Waals surface area (Å²) in [4.78, 5) is 0. The van der Waals surface area contributed by atoms with E-state index < -0.39 is 8.80 Å². The van der Waals surface area contributed by atoms with Crippen LogP contribution in [-0.4, -0.2) is 13.8 Å². The zero-order chi connectivity index (χ0) is 9.84. The first kappa shape index (κ1) is 11.1. The van der Waals surface area contributed by atoms with Crippen molar-refractivity contribution in [3.05, 3.63) is 34.9 Å². The van der Waals surface area contributed by atoms with Gasteiger partial charge in [-0.2, -0.15) is 0 Å². The zero-order valence-electron chi connectivity index (χ0n) is 7.93. The molecule has 0 aromatic heterocycles. The van der Waals surface area contributed by atoms with Gasteiger partial charge in [0.25, 0.3) is 0 Å². The van der Waals surface area contributed by atoms with Gasteiger partial charge in [0.15, 0.2) is 0 Å². The Labute approximate surface area is 91.5 Å². The van der Waals surface area contributed by atoms with E-state index in [1.54, 1.807) is 0 Å². The molecule has 1 unspecified atom stereocenters. The zero-order valence-corrected chi connectivity index (χ0v) is 10.6. The largest absolute Gasteiger partial charge is 0.127 e. The summed E-state index contributed by atoms with van der Waals surface area (Å²) in [7, 11) is -0.714. The lowest BCUT2D eigenvalue weighted by Crippen LogP contribution is -2.20. The molecule has 0 amide bonds. The molecule has 0 saturated carbocycles. The monoisotopic (exact) mass is 232 g/mol. The fourth-order valence-corrected chi connectivity index (χ4v) is 2.13. The molecule has 1 aromatic carbocycles. The van der Waals surface area contributed by atoms with Crippen LogP contribution >= 0.6 is 23.2 Å². The first-order chi connectivity index (χ1) is 6.09. The number of halogens is 2. The maximum absolute atomic E-state index is 6.22. The van der Waals surface area contributed by atoms with E-state index in [1.165, 1.54) is 5.56 Å². The van der Waals surface area contributed by atoms with Gasteiger partial charge in [0.1, 0.15) is 0 Å². The molecule has 0 fully saturated rings. The van der Waals surface area contributed by atoms with Gasteiger partial charge in [-0.3, -0.25) is 0 Å². The van der Waals surface area contributed by atoms with Gasteiger partial charge in [0, 0.05) is 10.0 Å². The summed E-state index contributed by atoms with van der Waals surface area (Å²) in [5.41, 5.74) is 1.28. The summed E-state index contributed by atoms with van der Waals surface area (Å²) in [5, 5.41) is 1.14. The standard InChI is InChI=1S/C10H14Cl2Si/c1-13(2)10(12)7-8-3-5-9(11)6-4-8/h3-6,10,13H,7H2,1-2H3. The summed E-state index contributed by atoms with van der Waals surface area (Å²) in [6, 6.07) is 7.94. The van der Waals surface area contributed by atoms with Crippen LogP contribution in [0.4, 0.5) is 0 Å². The van der Waals surface area contributed by atoms with Crippen LogP contribution in [0.1, 0.15) is 5.56 Å². The van der Waals surface area contributed by atoms with Crippen molar-refractivity contribution in [3.63, 3.8) is 0 Å². The highest BCUT2D eigenvalue weighted by Crippen LogP contribution is 2.14. The van der Waals surface area contributed by atoms with Crippen molar-refractivity contribution in [3.8, 4) is 0 Å². The van der Waals surface area contributed by atoms with Crippen LogP contribution in [0.5, 0.6) is 0 Å². The van der Waals surface area contributed by atoms with Crippen molar-refractivity contribution in [1.29, 1.82) is 0 Å². The molecule has 0 saturated heterocycles. The molecule has 1 atom stereocenters. The Hall–Kier alpha value is 0.0169. The Balaban J connectivity index is 2.59. The number of hydrogen-bond acceptors (Lipinski definition) is 0. The number of hydrogen-bond donors (Lipinski definition) is 0. The second kappa shape index (κ2) is 5.04. The van der Waals surface area contributed by atoms with E-state index in [0.29, 0.717) is 5.00 Å². The van der Waals surface area contributed by atoms with Gasteiger partial charge in [-0.1, -0.05) is 36.8 Å². The van der Waals surface area contributed by atoms with Crippen molar-refractivity contribution >= 4 is 32.0 Å². The molecule has 0 bridgehead atoms. The lowest BCUT2D eigenvalue weighted by atomic mass is 10.2. The van der Waals surface area contributed by atoms with E-state index in [0.717, 1.165) is 11.4 Å². The van der Waals surface area contributed by atoms with E-state index in [4.69, 9.17) is 23.2 Å². The van der Waals surface area contributed by atoms with Gasteiger partial charge in [0.2, 0.25) is 0 Å². The lowest BCUT2D eigenvalue weighted by Gasteiger charge is -2.11. The smallest absolute Gasteiger partial charge is 0.0523 e. The first-order valence-electron chi connectivity index (χ1n) is 4.48. The third-order valence-electron chi connectivity index (χ3n) is 2.07. The molecule has 0 spiro atoms. The summed E-state index contributed by atoms with van der Waals surface area (Å²) in [6.07, 6.45) is 0.975. The van der Waals surface area contributed by atoms with Crippen LogP contribution < -0.4 is 0 Å². The van der Waals surface area contributed by atoms with Crippen LogP contribution in [0.15, 0.2) is 24.3 Å². The van der Waals surface area contributed by atoms with Crippen molar-refractivity contribution in [1.82, 2.24) is 0 Å². The Morgan fingerprint density at radius 1 is 1.23 bits per heavy atom. The highest BCUT2D eigenvalue weighted by molar-refractivity contribution is 6.67.